The van der Waals surface area contributed by atoms with E-state index in [0.717, 1.165) is 5.56 Å². The molecule has 2 aromatic carbocycles. The van der Waals surface area contributed by atoms with E-state index >= 15 is 0 Å². The molecule has 1 aliphatic heterocycles. The minimum absolute atomic E-state index is 0.129. The molecule has 0 unspecified atom stereocenters. The van der Waals surface area contributed by atoms with Gasteiger partial charge < -0.3 is 10.2 Å². The maximum Gasteiger partial charge on any atom is 0.270 e. The zero-order valence-electron chi connectivity index (χ0n) is 11.3. The van der Waals surface area contributed by atoms with Gasteiger partial charge in [-0.3, -0.25) is 9.69 Å². The molecule has 0 aromatic heterocycles. The van der Waals surface area contributed by atoms with Crippen LogP contribution in [0, 0.1) is 0 Å². The van der Waals surface area contributed by atoms with E-state index in [0.29, 0.717) is 14.9 Å². The molecule has 2 aromatic rings. The maximum atomic E-state index is 12.5. The molecule has 0 aliphatic carbocycles. The largest absolute Gasteiger partial charge is 0.508 e. The molecule has 2 N–H and O–H groups in total. The van der Waals surface area contributed by atoms with E-state index in [1.165, 1.54) is 28.8 Å². The third-order valence-electron chi connectivity index (χ3n) is 3.07. The van der Waals surface area contributed by atoms with Gasteiger partial charge in [0.15, 0.2) is 4.32 Å². The van der Waals surface area contributed by atoms with Crippen LogP contribution in [0.2, 0.25) is 0 Å². The van der Waals surface area contributed by atoms with Gasteiger partial charge in [0, 0.05) is 0 Å². The van der Waals surface area contributed by atoms with Crippen LogP contribution in [0.25, 0.3) is 6.08 Å². The van der Waals surface area contributed by atoms with Crippen molar-refractivity contribution in [2.75, 3.05) is 4.90 Å². The molecule has 0 bridgehead atoms. The van der Waals surface area contributed by atoms with E-state index in [9.17, 15) is 15.0 Å². The number of nitrogens with zero attached hydrogens (tertiary/aromatic N) is 1. The summed E-state index contributed by atoms with van der Waals surface area (Å²) in [6.45, 7) is 0. The number of phenolic OH excluding ortho intramolecular Hbond substituents is 2. The summed E-state index contributed by atoms with van der Waals surface area (Å²) in [7, 11) is 0. The molecule has 0 atom stereocenters. The minimum Gasteiger partial charge on any atom is -0.508 e. The van der Waals surface area contributed by atoms with Gasteiger partial charge >= 0.3 is 0 Å². The smallest absolute Gasteiger partial charge is 0.270 e. The van der Waals surface area contributed by atoms with Crippen molar-refractivity contribution in [2.45, 2.75) is 0 Å². The maximum absolute atomic E-state index is 12.5. The highest BCUT2D eigenvalue weighted by molar-refractivity contribution is 8.27. The summed E-state index contributed by atoms with van der Waals surface area (Å²) in [6, 6.07) is 12.9. The lowest BCUT2D eigenvalue weighted by molar-refractivity contribution is -0.113. The third kappa shape index (κ3) is 2.84. The number of phenols is 2. The molecule has 6 heteroatoms. The molecular weight excluding hydrogens is 318 g/mol. The summed E-state index contributed by atoms with van der Waals surface area (Å²) in [5, 5.41) is 18.8. The Morgan fingerprint density at radius 1 is 1.05 bits per heavy atom. The Morgan fingerprint density at radius 2 is 1.77 bits per heavy atom. The van der Waals surface area contributed by atoms with E-state index in [1.54, 1.807) is 42.5 Å². The summed E-state index contributed by atoms with van der Waals surface area (Å²) in [5.41, 5.74) is 1.34. The van der Waals surface area contributed by atoms with Gasteiger partial charge in [-0.2, -0.15) is 0 Å². The van der Waals surface area contributed by atoms with E-state index in [2.05, 4.69) is 0 Å². The van der Waals surface area contributed by atoms with Crippen LogP contribution >= 0.6 is 24.0 Å². The number of anilines is 1. The first kappa shape index (κ1) is 14.6. The second kappa shape index (κ2) is 5.82. The predicted octanol–water partition coefficient (Wildman–Crippen LogP) is 3.50. The normalized spacial score (nSPS) is 16.5. The van der Waals surface area contributed by atoms with Gasteiger partial charge in [-0.25, -0.2) is 0 Å². The molecular formula is C16H11NO3S2. The number of thioether (sulfide) groups is 1. The first-order valence-corrected chi connectivity index (χ1v) is 7.63. The number of carbonyl (C=O) groups excluding carboxylic acids is 1. The summed E-state index contributed by atoms with van der Waals surface area (Å²) < 4.78 is 0.432. The Labute approximate surface area is 136 Å². The lowest BCUT2D eigenvalue weighted by atomic mass is 10.2. The Kier molecular flexibility index (Phi) is 3.87. The first-order valence-electron chi connectivity index (χ1n) is 6.40. The van der Waals surface area contributed by atoms with E-state index in [-0.39, 0.29) is 17.4 Å². The van der Waals surface area contributed by atoms with Crippen LogP contribution < -0.4 is 4.90 Å². The number of thiocarbonyl (C=S) groups is 1. The average molecular weight is 329 g/mol. The van der Waals surface area contributed by atoms with E-state index in [1.807, 2.05) is 0 Å². The van der Waals surface area contributed by atoms with Crippen LogP contribution in [-0.4, -0.2) is 20.4 Å². The van der Waals surface area contributed by atoms with Crippen molar-refractivity contribution in [1.82, 2.24) is 0 Å². The summed E-state index contributed by atoms with van der Waals surface area (Å²) in [6.07, 6.45) is 1.69. The molecule has 110 valence electrons. The summed E-state index contributed by atoms with van der Waals surface area (Å²) >= 11 is 6.47. The highest BCUT2D eigenvalue weighted by atomic mass is 32.2. The number of amides is 1. The molecule has 1 amide bonds. The van der Waals surface area contributed by atoms with Crippen LogP contribution in [-0.2, 0) is 4.79 Å². The Hall–Kier alpha value is -2.31. The van der Waals surface area contributed by atoms with Crippen molar-refractivity contribution >= 4 is 46.0 Å². The monoisotopic (exact) mass is 329 g/mol. The van der Waals surface area contributed by atoms with Gasteiger partial charge in [-0.15, -0.1) is 0 Å². The molecule has 1 saturated heterocycles. The Morgan fingerprint density at radius 3 is 2.45 bits per heavy atom. The van der Waals surface area contributed by atoms with Crippen LogP contribution in [0.1, 0.15) is 5.56 Å². The summed E-state index contributed by atoms with van der Waals surface area (Å²) in [4.78, 5) is 14.4. The van der Waals surface area contributed by atoms with Crippen LogP contribution in [0.5, 0.6) is 11.5 Å². The van der Waals surface area contributed by atoms with Crippen LogP contribution in [0.4, 0.5) is 5.69 Å². The van der Waals surface area contributed by atoms with Gasteiger partial charge in [0.05, 0.1) is 10.6 Å². The number of aromatic hydroxyl groups is 2. The third-order valence-corrected chi connectivity index (χ3v) is 4.37. The standard InChI is InChI=1S/C16H11NO3S2/c18-12-6-4-11(5-7-12)17-15(20)14(22-16(17)21)9-10-2-1-3-13(19)8-10/h1-9,18-19H/b14-9+. The molecule has 1 aliphatic rings. The zero-order valence-corrected chi connectivity index (χ0v) is 12.9. The number of rotatable bonds is 2. The van der Waals surface area contributed by atoms with Crippen LogP contribution in [0.3, 0.4) is 0 Å². The molecule has 0 saturated carbocycles. The lowest BCUT2D eigenvalue weighted by Crippen LogP contribution is -2.27. The number of hydrogen-bond acceptors (Lipinski definition) is 5. The highest BCUT2D eigenvalue weighted by Gasteiger charge is 2.33. The Bertz CT molecular complexity index is 784. The van der Waals surface area contributed by atoms with E-state index in [4.69, 9.17) is 12.2 Å². The molecule has 0 radical (unpaired) electrons. The highest BCUT2D eigenvalue weighted by Crippen LogP contribution is 2.36. The van der Waals surface area contributed by atoms with Gasteiger partial charge in [-0.1, -0.05) is 36.1 Å². The SMILES string of the molecule is O=C1/C(=C\c2cccc(O)c2)SC(=S)N1c1ccc(O)cc1. The van der Waals surface area contributed by atoms with Crippen molar-refractivity contribution in [3.8, 4) is 11.5 Å². The fourth-order valence-corrected chi connectivity index (χ4v) is 3.36. The quantitative estimate of drug-likeness (QED) is 0.652. The van der Waals surface area contributed by atoms with Crippen molar-refractivity contribution in [1.29, 1.82) is 0 Å². The summed E-state index contributed by atoms with van der Waals surface area (Å²) in [5.74, 6) is 0.0521. The molecule has 22 heavy (non-hydrogen) atoms. The molecule has 3 rings (SSSR count). The van der Waals surface area contributed by atoms with Gasteiger partial charge in [0.25, 0.3) is 5.91 Å². The zero-order chi connectivity index (χ0) is 15.7. The van der Waals surface area contributed by atoms with Gasteiger partial charge in [0.1, 0.15) is 11.5 Å². The fraction of sp³-hybridized carbons (Fsp3) is 0. The molecule has 0 spiro atoms. The predicted molar refractivity (Wildman–Crippen MR) is 91.9 cm³/mol. The van der Waals surface area contributed by atoms with E-state index < -0.39 is 0 Å². The number of carbonyl (C=O) groups is 1. The topological polar surface area (TPSA) is 60.8 Å². The van der Waals surface area contributed by atoms with Crippen molar-refractivity contribution in [3.63, 3.8) is 0 Å². The lowest BCUT2D eigenvalue weighted by Gasteiger charge is -2.14. The van der Waals surface area contributed by atoms with Gasteiger partial charge in [-0.05, 0) is 48.0 Å². The number of benzene rings is 2. The molecule has 4 nitrogen and oxygen atoms in total. The second-order valence-corrected chi connectivity index (χ2v) is 6.30. The Balaban J connectivity index is 1.93. The van der Waals surface area contributed by atoms with Crippen molar-refractivity contribution < 1.29 is 15.0 Å². The minimum atomic E-state index is -0.218. The second-order valence-electron chi connectivity index (χ2n) is 4.63. The first-order chi connectivity index (χ1) is 10.5. The van der Waals surface area contributed by atoms with Crippen LogP contribution in [0.15, 0.2) is 53.4 Å². The van der Waals surface area contributed by atoms with Crippen molar-refractivity contribution in [2.24, 2.45) is 0 Å². The average Bonchev–Trinajstić information content (AvgIpc) is 2.75. The molecule has 1 fully saturated rings. The fourth-order valence-electron chi connectivity index (χ4n) is 2.06. The van der Waals surface area contributed by atoms with Crippen molar-refractivity contribution in [3.05, 3.63) is 59.0 Å². The van der Waals surface area contributed by atoms with Gasteiger partial charge in [0.2, 0.25) is 0 Å². The number of hydrogen-bond donors (Lipinski definition) is 2. The molecule has 1 heterocycles.